The van der Waals surface area contributed by atoms with Crippen LogP contribution in [0.2, 0.25) is 0 Å². The number of benzene rings is 1. The van der Waals surface area contributed by atoms with Crippen LogP contribution in [0.5, 0.6) is 0 Å². The van der Waals surface area contributed by atoms with Crippen molar-refractivity contribution in [2.24, 2.45) is 17.8 Å². The van der Waals surface area contributed by atoms with Crippen molar-refractivity contribution in [1.82, 2.24) is 16.0 Å². The van der Waals surface area contributed by atoms with Crippen LogP contribution in [0, 0.1) is 17.8 Å². The summed E-state index contributed by atoms with van der Waals surface area (Å²) in [4.78, 5) is 64.1. The van der Waals surface area contributed by atoms with Gasteiger partial charge in [-0.1, -0.05) is 80.6 Å². The molecule has 0 saturated heterocycles. The van der Waals surface area contributed by atoms with Gasteiger partial charge in [-0.2, -0.15) is 0 Å². The molecule has 4 N–H and O–H groups in total. The Balaban J connectivity index is 2.30. The molecule has 0 aromatic heterocycles. The lowest BCUT2D eigenvalue weighted by Gasteiger charge is -2.29. The van der Waals surface area contributed by atoms with Gasteiger partial charge in [-0.3, -0.25) is 14.4 Å². The van der Waals surface area contributed by atoms with Gasteiger partial charge in [-0.25, -0.2) is 9.59 Å². The smallest absolute Gasteiger partial charge is 0.408 e. The lowest BCUT2D eigenvalue weighted by molar-refractivity contribution is -0.150. The lowest BCUT2D eigenvalue weighted by Crippen LogP contribution is -2.59. The molecule has 1 aromatic carbocycles. The van der Waals surface area contributed by atoms with Crippen LogP contribution in [0.4, 0.5) is 4.79 Å². The van der Waals surface area contributed by atoms with Crippen LogP contribution in [-0.4, -0.2) is 59.7 Å². The van der Waals surface area contributed by atoms with Gasteiger partial charge in [0.1, 0.15) is 24.7 Å². The molecule has 41 heavy (non-hydrogen) atoms. The number of amides is 3. The third-order valence-electron chi connectivity index (χ3n) is 6.21. The highest BCUT2D eigenvalue weighted by Crippen LogP contribution is 2.16. The normalized spacial score (nSPS) is 15.6. The van der Waals surface area contributed by atoms with E-state index in [1.54, 1.807) is 67.6 Å². The van der Waals surface area contributed by atoms with Gasteiger partial charge in [0.2, 0.25) is 11.8 Å². The van der Waals surface area contributed by atoms with Crippen molar-refractivity contribution in [3.8, 4) is 0 Å². The van der Waals surface area contributed by atoms with Gasteiger partial charge in [-0.15, -0.1) is 0 Å². The first-order chi connectivity index (χ1) is 19.5. The van der Waals surface area contributed by atoms with Gasteiger partial charge in [0.25, 0.3) is 0 Å². The number of nitrogens with one attached hydrogen (secondary N) is 3. The zero-order valence-corrected chi connectivity index (χ0v) is 23.7. The van der Waals surface area contributed by atoms with Crippen LogP contribution in [0.3, 0.4) is 0 Å². The molecule has 1 aliphatic carbocycles. The maximum atomic E-state index is 13.6. The Kier molecular flexibility index (Phi) is 13.3. The fraction of sp³-hybridized carbons (Fsp3) is 0.433. The predicted octanol–water partition coefficient (Wildman–Crippen LogP) is 2.88. The number of hydrogen-bond acceptors (Lipinski definition) is 7. The number of esters is 1. The van der Waals surface area contributed by atoms with Crippen molar-refractivity contribution in [1.29, 1.82) is 0 Å². The number of carbonyl (C=O) groups is 5. The second kappa shape index (κ2) is 16.6. The number of ether oxygens (including phenoxy) is 2. The van der Waals surface area contributed by atoms with Gasteiger partial charge in [0.05, 0.1) is 12.5 Å². The first kappa shape index (κ1) is 32.8. The SMILES string of the molecule is CCOC(=O)C(C)C(NC(=O)OCc1ccccc1)C(=O)NC(C(=O)NC(CC(C)C)C(=O)O)C1C=CC=CC=C1. The molecule has 0 bridgehead atoms. The van der Waals surface area contributed by atoms with E-state index in [1.807, 2.05) is 19.9 Å². The molecule has 0 radical (unpaired) electrons. The Morgan fingerprint density at radius 2 is 1.49 bits per heavy atom. The van der Waals surface area contributed by atoms with Crippen molar-refractivity contribution < 1.29 is 38.6 Å². The molecule has 11 nitrogen and oxygen atoms in total. The molecule has 222 valence electrons. The molecule has 0 spiro atoms. The van der Waals surface area contributed by atoms with Crippen molar-refractivity contribution in [3.05, 3.63) is 72.4 Å². The van der Waals surface area contributed by atoms with Crippen LogP contribution in [0.1, 0.15) is 39.7 Å². The van der Waals surface area contributed by atoms with Gasteiger partial charge in [0.15, 0.2) is 0 Å². The second-order valence-corrected chi connectivity index (χ2v) is 9.97. The average molecular weight is 570 g/mol. The van der Waals surface area contributed by atoms with Gasteiger partial charge >= 0.3 is 18.0 Å². The maximum absolute atomic E-state index is 13.6. The van der Waals surface area contributed by atoms with Crippen LogP contribution in [0.15, 0.2) is 66.8 Å². The molecular formula is C30H39N3O8. The van der Waals surface area contributed by atoms with Crippen molar-refractivity contribution >= 4 is 29.8 Å². The van der Waals surface area contributed by atoms with E-state index in [0.717, 1.165) is 0 Å². The number of rotatable bonds is 14. The van der Waals surface area contributed by atoms with Crippen LogP contribution in [0.25, 0.3) is 0 Å². The zero-order valence-electron chi connectivity index (χ0n) is 23.7. The molecule has 4 atom stereocenters. The Morgan fingerprint density at radius 3 is 2.05 bits per heavy atom. The quantitative estimate of drug-likeness (QED) is 0.249. The third-order valence-corrected chi connectivity index (χ3v) is 6.21. The highest BCUT2D eigenvalue weighted by Gasteiger charge is 2.37. The Morgan fingerprint density at radius 1 is 0.854 bits per heavy atom. The summed E-state index contributed by atoms with van der Waals surface area (Å²) in [5.74, 6) is -5.35. The fourth-order valence-electron chi connectivity index (χ4n) is 4.05. The molecule has 4 unspecified atom stereocenters. The molecule has 0 aliphatic heterocycles. The standard InChI is InChI=1S/C30H39N3O8/c1-5-40-29(38)20(4)24(33-30(39)41-18-21-13-9-8-10-14-21)26(34)32-25(22-15-11-6-7-12-16-22)27(35)31-23(28(36)37)17-19(2)3/h6-16,19-20,22-25H,5,17-18H2,1-4H3,(H,31,35)(H,32,34)(H,33,39)(H,36,37). The van der Waals surface area contributed by atoms with E-state index in [9.17, 15) is 29.1 Å². The number of carboxylic acid groups (broad SMARTS) is 1. The topological polar surface area (TPSA) is 160 Å². The molecule has 1 aliphatic rings. The molecule has 11 heteroatoms. The van der Waals surface area contributed by atoms with E-state index < -0.39 is 59.8 Å². The van der Waals surface area contributed by atoms with Gasteiger partial charge in [-0.05, 0) is 31.7 Å². The summed E-state index contributed by atoms with van der Waals surface area (Å²) in [5, 5.41) is 17.2. The highest BCUT2D eigenvalue weighted by atomic mass is 16.5. The first-order valence-electron chi connectivity index (χ1n) is 13.5. The number of carboxylic acids is 1. The summed E-state index contributed by atoms with van der Waals surface area (Å²) in [7, 11) is 0. The average Bonchev–Trinajstić information content (AvgIpc) is 3.22. The van der Waals surface area contributed by atoms with E-state index in [4.69, 9.17) is 9.47 Å². The fourth-order valence-corrected chi connectivity index (χ4v) is 4.05. The summed E-state index contributed by atoms with van der Waals surface area (Å²) < 4.78 is 10.3. The van der Waals surface area contributed by atoms with E-state index in [-0.39, 0.29) is 25.6 Å². The number of allylic oxidation sites excluding steroid dienone is 4. The third kappa shape index (κ3) is 10.9. The molecule has 2 rings (SSSR count). The molecule has 1 aromatic rings. The predicted molar refractivity (Wildman–Crippen MR) is 151 cm³/mol. The minimum Gasteiger partial charge on any atom is -0.480 e. The number of carbonyl (C=O) groups excluding carboxylic acids is 4. The van der Waals surface area contributed by atoms with Crippen LogP contribution < -0.4 is 16.0 Å². The summed E-state index contributed by atoms with van der Waals surface area (Å²) in [6, 6.07) is 4.99. The lowest BCUT2D eigenvalue weighted by atomic mass is 9.95. The maximum Gasteiger partial charge on any atom is 0.408 e. The summed E-state index contributed by atoms with van der Waals surface area (Å²) in [6.07, 6.45) is 9.44. The van der Waals surface area contributed by atoms with E-state index >= 15 is 0 Å². The Labute approximate surface area is 240 Å². The number of alkyl carbamates (subject to hydrolysis) is 1. The minimum absolute atomic E-state index is 0.0211. The van der Waals surface area contributed by atoms with E-state index in [0.29, 0.717) is 5.56 Å². The van der Waals surface area contributed by atoms with Crippen molar-refractivity contribution in [3.63, 3.8) is 0 Å². The largest absolute Gasteiger partial charge is 0.480 e. The van der Waals surface area contributed by atoms with Crippen LogP contribution in [-0.2, 0) is 35.3 Å². The summed E-state index contributed by atoms with van der Waals surface area (Å²) in [5.41, 5.74) is 0.716. The van der Waals surface area contributed by atoms with E-state index in [1.165, 1.54) is 6.92 Å². The molecule has 0 heterocycles. The first-order valence-corrected chi connectivity index (χ1v) is 13.5. The number of aliphatic carboxylic acids is 1. The monoisotopic (exact) mass is 569 g/mol. The molecule has 0 fully saturated rings. The second-order valence-electron chi connectivity index (χ2n) is 9.97. The van der Waals surface area contributed by atoms with Gasteiger partial charge in [0, 0.05) is 5.92 Å². The van der Waals surface area contributed by atoms with Crippen molar-refractivity contribution in [2.75, 3.05) is 6.61 Å². The molecule has 0 saturated carbocycles. The van der Waals surface area contributed by atoms with Crippen LogP contribution >= 0.6 is 0 Å². The van der Waals surface area contributed by atoms with Crippen molar-refractivity contribution in [2.45, 2.75) is 58.8 Å². The van der Waals surface area contributed by atoms with Gasteiger partial charge < -0.3 is 30.5 Å². The number of hydrogen-bond donors (Lipinski definition) is 4. The molecular weight excluding hydrogens is 530 g/mol. The van der Waals surface area contributed by atoms with E-state index in [2.05, 4.69) is 16.0 Å². The Bertz CT molecular complexity index is 1130. The summed E-state index contributed by atoms with van der Waals surface area (Å²) in [6.45, 7) is 6.65. The minimum atomic E-state index is -1.46. The highest BCUT2D eigenvalue weighted by molar-refractivity contribution is 5.95. The zero-order chi connectivity index (χ0) is 30.4. The summed E-state index contributed by atoms with van der Waals surface area (Å²) >= 11 is 0. The Hall–Kier alpha value is -4.41. The molecule has 3 amide bonds.